The van der Waals surface area contributed by atoms with Crippen LogP contribution in [0, 0.1) is 0 Å². The minimum absolute atomic E-state index is 0.0477. The van der Waals surface area contributed by atoms with Gasteiger partial charge in [0, 0.05) is 35.2 Å². The van der Waals surface area contributed by atoms with Crippen LogP contribution in [0.15, 0.2) is 72.0 Å². The first-order valence-electron chi connectivity index (χ1n) is 13.0. The second kappa shape index (κ2) is 11.4. The lowest BCUT2D eigenvalue weighted by Crippen LogP contribution is -2.53. The number of thioether (sulfide) groups is 1. The summed E-state index contributed by atoms with van der Waals surface area (Å²) in [6.45, 7) is 6.63. The van der Waals surface area contributed by atoms with Crippen LogP contribution in [0.4, 0.5) is 0 Å². The lowest BCUT2D eigenvalue weighted by Gasteiger charge is -2.41. The fraction of sp³-hybridized carbons (Fsp3) is 0.333. The summed E-state index contributed by atoms with van der Waals surface area (Å²) in [4.78, 5) is 25.6. The molecule has 0 atom stereocenters. The molecule has 1 aliphatic rings. The van der Waals surface area contributed by atoms with Crippen LogP contribution in [0.5, 0.6) is 0 Å². The molecule has 0 radical (unpaired) electrons. The predicted molar refractivity (Wildman–Crippen MR) is 151 cm³/mol. The van der Waals surface area contributed by atoms with Crippen molar-refractivity contribution in [1.82, 2.24) is 20.3 Å². The highest BCUT2D eigenvalue weighted by Crippen LogP contribution is 2.34. The fourth-order valence-corrected chi connectivity index (χ4v) is 5.71. The third kappa shape index (κ3) is 6.00. The first kappa shape index (κ1) is 25.4. The van der Waals surface area contributed by atoms with Crippen LogP contribution >= 0.6 is 11.8 Å². The summed E-state index contributed by atoms with van der Waals surface area (Å²) in [5.41, 5.74) is 6.26. The van der Waals surface area contributed by atoms with E-state index in [-0.39, 0.29) is 5.91 Å². The Bertz CT molecular complexity index is 1370. The summed E-state index contributed by atoms with van der Waals surface area (Å²) < 4.78 is 1.04. The third-order valence-electron chi connectivity index (χ3n) is 7.28. The van der Waals surface area contributed by atoms with Gasteiger partial charge in [0.25, 0.3) is 0 Å². The summed E-state index contributed by atoms with van der Waals surface area (Å²) in [7, 11) is 0. The van der Waals surface area contributed by atoms with Crippen LogP contribution in [-0.2, 0) is 11.3 Å². The van der Waals surface area contributed by atoms with Gasteiger partial charge in [0.1, 0.15) is 6.54 Å². The number of piperidine rings is 1. The number of hydrogen-bond donors (Lipinski definition) is 1. The number of hydrogen-bond acceptors (Lipinski definition) is 5. The standard InChI is InChI=1S/C30H33N5OS/c1-22(36)31-15-18-35(16-7-4-8-17-35)21-23-11-13-25(14-12-23)28-27(24-9-5-3-6-10-24)19-26-20-32-30(37-2)34-29(26)33-28/h3,5-6,9-14,19-20H,4,7-8,15-18,21H2,1-2H3/p+1. The zero-order valence-corrected chi connectivity index (χ0v) is 22.4. The van der Waals surface area contributed by atoms with E-state index in [1.165, 1.54) is 49.7 Å². The first-order valence-corrected chi connectivity index (χ1v) is 14.2. The maximum Gasteiger partial charge on any atom is 0.217 e. The Hall–Kier alpha value is -3.29. The molecule has 0 aliphatic carbocycles. The normalized spacial score (nSPS) is 15.0. The van der Waals surface area contributed by atoms with Gasteiger partial charge in [-0.2, -0.15) is 0 Å². The smallest absolute Gasteiger partial charge is 0.217 e. The molecule has 0 bridgehead atoms. The molecule has 2 aromatic carbocycles. The van der Waals surface area contributed by atoms with Crippen LogP contribution < -0.4 is 5.32 Å². The van der Waals surface area contributed by atoms with E-state index in [0.717, 1.165) is 57.0 Å². The van der Waals surface area contributed by atoms with E-state index in [1.54, 1.807) is 6.92 Å². The van der Waals surface area contributed by atoms with E-state index >= 15 is 0 Å². The molecule has 5 rings (SSSR count). The zero-order valence-electron chi connectivity index (χ0n) is 21.6. The number of fused-ring (bicyclic) bond motifs is 1. The highest BCUT2D eigenvalue weighted by Gasteiger charge is 2.30. The van der Waals surface area contributed by atoms with Crippen molar-refractivity contribution in [3.05, 3.63) is 72.4 Å². The van der Waals surface area contributed by atoms with Gasteiger partial charge in [-0.1, -0.05) is 66.4 Å². The molecule has 1 N–H and O–H groups in total. The van der Waals surface area contributed by atoms with Gasteiger partial charge in [-0.3, -0.25) is 4.79 Å². The number of carbonyl (C=O) groups is 1. The Morgan fingerprint density at radius 1 is 0.973 bits per heavy atom. The van der Waals surface area contributed by atoms with E-state index in [9.17, 15) is 4.79 Å². The maximum absolute atomic E-state index is 11.4. The number of likely N-dealkylation sites (tertiary alicyclic amines) is 1. The molecule has 0 unspecified atom stereocenters. The largest absolute Gasteiger partial charge is 0.351 e. The lowest BCUT2D eigenvalue weighted by molar-refractivity contribution is -0.944. The third-order valence-corrected chi connectivity index (χ3v) is 7.85. The summed E-state index contributed by atoms with van der Waals surface area (Å²) in [5.74, 6) is 0.0477. The minimum Gasteiger partial charge on any atom is -0.351 e. The van der Waals surface area contributed by atoms with Gasteiger partial charge >= 0.3 is 0 Å². The molecule has 4 aromatic rings. The highest BCUT2D eigenvalue weighted by molar-refractivity contribution is 7.98. The van der Waals surface area contributed by atoms with Crippen molar-refractivity contribution in [2.24, 2.45) is 0 Å². The van der Waals surface area contributed by atoms with Gasteiger partial charge in [-0.15, -0.1) is 0 Å². The number of nitrogens with one attached hydrogen (secondary N) is 1. The average molecular weight is 513 g/mol. The number of amides is 1. The molecule has 0 spiro atoms. The van der Waals surface area contributed by atoms with E-state index in [4.69, 9.17) is 4.98 Å². The molecule has 0 saturated carbocycles. The summed E-state index contributed by atoms with van der Waals surface area (Å²) in [5, 5.41) is 4.67. The van der Waals surface area contributed by atoms with Crippen molar-refractivity contribution in [2.45, 2.75) is 37.9 Å². The van der Waals surface area contributed by atoms with Crippen LogP contribution in [0.2, 0.25) is 0 Å². The second-order valence-corrected chi connectivity index (χ2v) is 10.7. The fourth-order valence-electron chi connectivity index (χ4n) is 5.37. The number of rotatable bonds is 8. The zero-order chi connectivity index (χ0) is 25.7. The number of nitrogens with zero attached hydrogens (tertiary/aromatic N) is 4. The Morgan fingerprint density at radius 3 is 2.43 bits per heavy atom. The molecule has 1 aliphatic heterocycles. The SMILES string of the molecule is CSc1ncc2cc(-c3ccccc3)c(-c3ccc(C[N+]4(CCNC(C)=O)CCCCC4)cc3)nc2n1. The molecule has 190 valence electrons. The van der Waals surface area contributed by atoms with E-state index in [2.05, 4.69) is 69.9 Å². The minimum atomic E-state index is 0.0477. The van der Waals surface area contributed by atoms with Crippen LogP contribution in [0.3, 0.4) is 0 Å². The van der Waals surface area contributed by atoms with Gasteiger partial charge < -0.3 is 9.80 Å². The number of quaternary nitrogens is 1. The number of pyridine rings is 1. The summed E-state index contributed by atoms with van der Waals surface area (Å²) in [6.07, 6.45) is 7.64. The maximum atomic E-state index is 11.4. The Balaban J connectivity index is 1.47. The lowest BCUT2D eigenvalue weighted by atomic mass is 9.97. The predicted octanol–water partition coefficient (Wildman–Crippen LogP) is 5.72. The van der Waals surface area contributed by atoms with Crippen molar-refractivity contribution >= 4 is 28.7 Å². The monoisotopic (exact) mass is 512 g/mol. The van der Waals surface area contributed by atoms with Gasteiger partial charge in [0.15, 0.2) is 10.8 Å². The van der Waals surface area contributed by atoms with Crippen molar-refractivity contribution in [3.63, 3.8) is 0 Å². The topological polar surface area (TPSA) is 67.8 Å². The van der Waals surface area contributed by atoms with Gasteiger partial charge in [-0.25, -0.2) is 15.0 Å². The molecule has 1 fully saturated rings. The second-order valence-electron chi connectivity index (χ2n) is 9.93. The molecule has 3 heterocycles. The average Bonchev–Trinajstić information content (AvgIpc) is 2.93. The quantitative estimate of drug-likeness (QED) is 0.186. The van der Waals surface area contributed by atoms with Crippen molar-refractivity contribution < 1.29 is 9.28 Å². The highest BCUT2D eigenvalue weighted by atomic mass is 32.2. The Labute approximate surface area is 223 Å². The van der Waals surface area contributed by atoms with Crippen molar-refractivity contribution in [1.29, 1.82) is 0 Å². The Morgan fingerprint density at radius 2 is 1.73 bits per heavy atom. The molecule has 6 nitrogen and oxygen atoms in total. The summed E-state index contributed by atoms with van der Waals surface area (Å²) in [6, 6.07) is 21.4. The van der Waals surface area contributed by atoms with Crippen LogP contribution in [-0.4, -0.2) is 57.8 Å². The first-order chi connectivity index (χ1) is 18.0. The number of benzene rings is 2. The van der Waals surface area contributed by atoms with E-state index in [0.29, 0.717) is 5.65 Å². The number of carbonyl (C=O) groups excluding carboxylic acids is 1. The van der Waals surface area contributed by atoms with Crippen molar-refractivity contribution in [3.8, 4) is 22.4 Å². The molecule has 1 amide bonds. The molecular formula is C30H34N5OS+. The van der Waals surface area contributed by atoms with Gasteiger partial charge in [-0.05, 0) is 37.1 Å². The summed E-state index contributed by atoms with van der Waals surface area (Å²) >= 11 is 1.52. The molecule has 1 saturated heterocycles. The van der Waals surface area contributed by atoms with Gasteiger partial charge in [0.05, 0.1) is 31.9 Å². The molecule has 7 heteroatoms. The number of aromatic nitrogens is 3. The van der Waals surface area contributed by atoms with Crippen molar-refractivity contribution in [2.75, 3.05) is 32.4 Å². The van der Waals surface area contributed by atoms with Crippen LogP contribution in [0.1, 0.15) is 31.7 Å². The van der Waals surface area contributed by atoms with Gasteiger partial charge in [0.2, 0.25) is 5.91 Å². The Kier molecular flexibility index (Phi) is 7.82. The molecule has 37 heavy (non-hydrogen) atoms. The molecular weight excluding hydrogens is 478 g/mol. The van der Waals surface area contributed by atoms with E-state index < -0.39 is 0 Å². The van der Waals surface area contributed by atoms with Crippen LogP contribution in [0.25, 0.3) is 33.4 Å². The van der Waals surface area contributed by atoms with E-state index in [1.807, 2.05) is 18.5 Å². The molecule has 2 aromatic heterocycles.